The van der Waals surface area contributed by atoms with Crippen LogP contribution in [0.1, 0.15) is 50.7 Å². The van der Waals surface area contributed by atoms with Crippen LogP contribution in [0, 0.1) is 0 Å². The molecule has 0 saturated heterocycles. The molecule has 2 aromatic carbocycles. The van der Waals surface area contributed by atoms with E-state index in [1.807, 2.05) is 60.7 Å². The molecule has 0 aromatic heterocycles. The third-order valence-electron chi connectivity index (χ3n) is 4.78. The predicted octanol–water partition coefficient (Wildman–Crippen LogP) is 4.50. The monoisotopic (exact) mass is 355 g/mol. The summed E-state index contributed by atoms with van der Waals surface area (Å²) in [5, 5.41) is 15.5. The molecular weight excluding hydrogens is 322 g/mol. The number of unbranched alkanes of at least 4 members (excludes halogenated alkanes) is 2. The Hall–Kier alpha value is -1.68. The topological polar surface area (TPSA) is 41.5 Å². The van der Waals surface area contributed by atoms with Crippen molar-refractivity contribution in [2.45, 2.75) is 51.2 Å². The van der Waals surface area contributed by atoms with Gasteiger partial charge in [0.05, 0.1) is 12.6 Å². The third kappa shape index (κ3) is 5.41. The van der Waals surface area contributed by atoms with Crippen molar-refractivity contribution in [3.63, 3.8) is 0 Å². The Kier molecular flexibility index (Phi) is 8.82. The lowest BCUT2D eigenvalue weighted by atomic mass is 9.80. The standard InChI is InChI=1S/C23H33NO2/c1-3-5-17-24-22(19-26-18-6-4-2)23(25,20-13-9-7-10-14-20)21-15-11-8-12-16-21/h7-16,22,24-25H,3-6,17-19H2,1-2H3/t22-/m0/s1. The van der Waals surface area contributed by atoms with E-state index in [4.69, 9.17) is 4.74 Å². The Balaban J connectivity index is 2.33. The van der Waals surface area contributed by atoms with Crippen LogP contribution in [0.3, 0.4) is 0 Å². The quantitative estimate of drug-likeness (QED) is 0.551. The van der Waals surface area contributed by atoms with Crippen molar-refractivity contribution >= 4 is 0 Å². The molecule has 2 rings (SSSR count). The van der Waals surface area contributed by atoms with Gasteiger partial charge in [0.2, 0.25) is 0 Å². The first-order valence-electron chi connectivity index (χ1n) is 9.88. The molecule has 3 nitrogen and oxygen atoms in total. The molecule has 0 aliphatic heterocycles. The Morgan fingerprint density at radius 1 is 0.885 bits per heavy atom. The molecule has 2 aromatic rings. The van der Waals surface area contributed by atoms with Gasteiger partial charge in [-0.05, 0) is 30.5 Å². The number of hydrogen-bond acceptors (Lipinski definition) is 3. The van der Waals surface area contributed by atoms with Gasteiger partial charge in [-0.25, -0.2) is 0 Å². The van der Waals surface area contributed by atoms with Crippen LogP contribution < -0.4 is 5.32 Å². The van der Waals surface area contributed by atoms with Gasteiger partial charge in [0.25, 0.3) is 0 Å². The smallest absolute Gasteiger partial charge is 0.132 e. The highest BCUT2D eigenvalue weighted by Crippen LogP contribution is 2.33. The second-order valence-electron chi connectivity index (χ2n) is 6.79. The van der Waals surface area contributed by atoms with Crippen LogP contribution in [-0.4, -0.2) is 30.9 Å². The van der Waals surface area contributed by atoms with Crippen LogP contribution in [0.4, 0.5) is 0 Å². The molecule has 0 heterocycles. The molecule has 0 aliphatic rings. The first-order valence-corrected chi connectivity index (χ1v) is 9.88. The first kappa shape index (κ1) is 20.6. The van der Waals surface area contributed by atoms with Gasteiger partial charge in [0.15, 0.2) is 0 Å². The summed E-state index contributed by atoms with van der Waals surface area (Å²) in [6.07, 6.45) is 4.34. The number of ether oxygens (including phenoxy) is 1. The maximum absolute atomic E-state index is 11.9. The minimum absolute atomic E-state index is 0.212. The summed E-state index contributed by atoms with van der Waals surface area (Å²) in [7, 11) is 0. The van der Waals surface area contributed by atoms with Crippen molar-refractivity contribution in [2.24, 2.45) is 0 Å². The Morgan fingerprint density at radius 2 is 1.42 bits per heavy atom. The average Bonchev–Trinajstić information content (AvgIpc) is 2.70. The lowest BCUT2D eigenvalue weighted by molar-refractivity contribution is -0.00804. The van der Waals surface area contributed by atoms with Gasteiger partial charge in [-0.3, -0.25) is 0 Å². The van der Waals surface area contributed by atoms with Crippen molar-refractivity contribution in [2.75, 3.05) is 19.8 Å². The van der Waals surface area contributed by atoms with Gasteiger partial charge < -0.3 is 15.2 Å². The predicted molar refractivity (Wildman–Crippen MR) is 108 cm³/mol. The van der Waals surface area contributed by atoms with Gasteiger partial charge in [0, 0.05) is 6.61 Å². The second-order valence-corrected chi connectivity index (χ2v) is 6.79. The average molecular weight is 356 g/mol. The van der Waals surface area contributed by atoms with E-state index in [1.165, 1.54) is 0 Å². The van der Waals surface area contributed by atoms with E-state index in [0.717, 1.165) is 50.0 Å². The molecule has 26 heavy (non-hydrogen) atoms. The van der Waals surface area contributed by atoms with Crippen LogP contribution in [0.15, 0.2) is 60.7 Å². The van der Waals surface area contributed by atoms with Crippen molar-refractivity contribution in [3.8, 4) is 0 Å². The normalized spacial score (nSPS) is 12.9. The number of benzene rings is 2. The lowest BCUT2D eigenvalue weighted by Gasteiger charge is -2.38. The zero-order valence-corrected chi connectivity index (χ0v) is 16.2. The van der Waals surface area contributed by atoms with E-state index >= 15 is 0 Å². The number of rotatable bonds is 12. The number of hydrogen-bond donors (Lipinski definition) is 2. The molecule has 0 bridgehead atoms. The van der Waals surface area contributed by atoms with Crippen LogP contribution >= 0.6 is 0 Å². The number of aliphatic hydroxyl groups is 1. The summed E-state index contributed by atoms with van der Waals surface area (Å²) >= 11 is 0. The minimum atomic E-state index is -1.14. The van der Waals surface area contributed by atoms with Crippen molar-refractivity contribution in [1.82, 2.24) is 5.32 Å². The second kappa shape index (κ2) is 11.1. The largest absolute Gasteiger partial charge is 0.380 e. The molecule has 0 aliphatic carbocycles. The summed E-state index contributed by atoms with van der Waals surface area (Å²) in [5.41, 5.74) is 0.640. The van der Waals surface area contributed by atoms with Gasteiger partial charge in [-0.15, -0.1) is 0 Å². The highest BCUT2D eigenvalue weighted by atomic mass is 16.5. The van der Waals surface area contributed by atoms with E-state index in [1.54, 1.807) is 0 Å². The SMILES string of the molecule is CCCCN[C@@H](COCCCC)C(O)(c1ccccc1)c1ccccc1. The molecule has 3 heteroatoms. The van der Waals surface area contributed by atoms with Crippen molar-refractivity contribution < 1.29 is 9.84 Å². The van der Waals surface area contributed by atoms with Gasteiger partial charge in [-0.2, -0.15) is 0 Å². The Labute approximate surface area is 158 Å². The first-order chi connectivity index (χ1) is 12.7. The molecular formula is C23H33NO2. The molecule has 0 amide bonds. The van der Waals surface area contributed by atoms with Crippen LogP contribution in [-0.2, 0) is 10.3 Å². The summed E-state index contributed by atoms with van der Waals surface area (Å²) < 4.78 is 5.93. The zero-order chi connectivity index (χ0) is 18.7. The van der Waals surface area contributed by atoms with Crippen molar-refractivity contribution in [3.05, 3.63) is 71.8 Å². The minimum Gasteiger partial charge on any atom is -0.380 e. The fourth-order valence-electron chi connectivity index (χ4n) is 3.18. The highest BCUT2D eigenvalue weighted by molar-refractivity contribution is 5.38. The molecule has 0 spiro atoms. The maximum atomic E-state index is 11.9. The fourth-order valence-corrected chi connectivity index (χ4v) is 3.18. The molecule has 0 radical (unpaired) electrons. The van der Waals surface area contributed by atoms with Crippen LogP contribution in [0.5, 0.6) is 0 Å². The van der Waals surface area contributed by atoms with E-state index in [2.05, 4.69) is 19.2 Å². The van der Waals surface area contributed by atoms with Gasteiger partial charge in [-0.1, -0.05) is 87.4 Å². The van der Waals surface area contributed by atoms with E-state index in [-0.39, 0.29) is 6.04 Å². The zero-order valence-electron chi connectivity index (χ0n) is 16.2. The Morgan fingerprint density at radius 3 is 1.92 bits per heavy atom. The van der Waals surface area contributed by atoms with E-state index < -0.39 is 5.60 Å². The number of nitrogens with one attached hydrogen (secondary N) is 1. The summed E-state index contributed by atoms with van der Waals surface area (Å²) in [6.45, 7) is 6.39. The van der Waals surface area contributed by atoms with Crippen LogP contribution in [0.25, 0.3) is 0 Å². The molecule has 0 fully saturated rings. The van der Waals surface area contributed by atoms with Crippen molar-refractivity contribution in [1.29, 1.82) is 0 Å². The maximum Gasteiger partial charge on any atom is 0.132 e. The molecule has 0 unspecified atom stereocenters. The molecule has 142 valence electrons. The van der Waals surface area contributed by atoms with Crippen LogP contribution in [0.2, 0.25) is 0 Å². The van der Waals surface area contributed by atoms with Gasteiger partial charge in [0.1, 0.15) is 5.60 Å². The summed E-state index contributed by atoms with van der Waals surface area (Å²) in [6, 6.07) is 19.6. The molecule has 2 N–H and O–H groups in total. The summed E-state index contributed by atoms with van der Waals surface area (Å²) in [5.74, 6) is 0. The third-order valence-corrected chi connectivity index (χ3v) is 4.78. The summed E-state index contributed by atoms with van der Waals surface area (Å²) in [4.78, 5) is 0. The van der Waals surface area contributed by atoms with Gasteiger partial charge >= 0.3 is 0 Å². The molecule has 0 saturated carbocycles. The van der Waals surface area contributed by atoms with E-state index in [0.29, 0.717) is 6.61 Å². The highest BCUT2D eigenvalue weighted by Gasteiger charge is 2.40. The Bertz CT molecular complexity index is 561. The lowest BCUT2D eigenvalue weighted by Crippen LogP contribution is -2.52. The van der Waals surface area contributed by atoms with E-state index in [9.17, 15) is 5.11 Å². The molecule has 1 atom stereocenters. The fraction of sp³-hybridized carbons (Fsp3) is 0.478.